The number of sulfonamides is 1. The zero-order chi connectivity index (χ0) is 27.2. The van der Waals surface area contributed by atoms with E-state index in [9.17, 15) is 22.4 Å². The van der Waals surface area contributed by atoms with E-state index in [1.807, 2.05) is 6.92 Å². The van der Waals surface area contributed by atoms with Gasteiger partial charge in [-0.3, -0.25) is 13.9 Å². The fourth-order valence-corrected chi connectivity index (χ4v) is 5.11. The molecular formula is C27H30FN3O5S. The van der Waals surface area contributed by atoms with Crippen molar-refractivity contribution in [1.82, 2.24) is 10.2 Å². The number of halogens is 1. The minimum atomic E-state index is -4.15. The average molecular weight is 528 g/mol. The number of methoxy groups -OCH3 is 1. The van der Waals surface area contributed by atoms with Gasteiger partial charge in [0, 0.05) is 13.6 Å². The number of hydrogen-bond donors (Lipinski definition) is 1. The number of nitrogens with zero attached hydrogens (tertiary/aromatic N) is 2. The first kappa shape index (κ1) is 27.7. The van der Waals surface area contributed by atoms with Crippen LogP contribution < -0.4 is 14.4 Å². The average Bonchev–Trinajstić information content (AvgIpc) is 2.90. The Morgan fingerprint density at radius 1 is 0.973 bits per heavy atom. The zero-order valence-electron chi connectivity index (χ0n) is 21.1. The predicted molar refractivity (Wildman–Crippen MR) is 139 cm³/mol. The summed E-state index contributed by atoms with van der Waals surface area (Å²) in [7, 11) is -1.21. The van der Waals surface area contributed by atoms with Gasteiger partial charge in [-0.25, -0.2) is 12.8 Å². The maximum Gasteiger partial charge on any atom is 0.264 e. The van der Waals surface area contributed by atoms with E-state index < -0.39 is 40.2 Å². The molecule has 0 spiro atoms. The highest BCUT2D eigenvalue weighted by molar-refractivity contribution is 7.92. The topological polar surface area (TPSA) is 96.0 Å². The van der Waals surface area contributed by atoms with Crippen LogP contribution in [-0.4, -0.2) is 51.9 Å². The molecule has 0 bridgehead atoms. The van der Waals surface area contributed by atoms with Crippen LogP contribution in [0.1, 0.15) is 18.1 Å². The van der Waals surface area contributed by atoms with E-state index in [0.29, 0.717) is 11.3 Å². The molecule has 1 unspecified atom stereocenters. The van der Waals surface area contributed by atoms with Crippen molar-refractivity contribution in [3.8, 4) is 5.75 Å². The standard InChI is InChI=1S/C27H30FN3O5S/c1-19-5-15-25(16-6-19)37(34,35)31(23-11-13-24(36-4)14-12-23)18-26(32)30(20(2)27(33)29-3)17-21-7-9-22(28)10-8-21/h5-16,20H,17-18H2,1-4H3,(H,29,33). The molecule has 3 rings (SSSR count). The summed E-state index contributed by atoms with van der Waals surface area (Å²) in [6, 6.07) is 17.2. The van der Waals surface area contributed by atoms with Crippen molar-refractivity contribution in [3.05, 3.63) is 89.7 Å². The van der Waals surface area contributed by atoms with Gasteiger partial charge in [0.1, 0.15) is 24.2 Å². The Hall–Kier alpha value is -3.92. The van der Waals surface area contributed by atoms with Crippen LogP contribution in [-0.2, 0) is 26.2 Å². The zero-order valence-corrected chi connectivity index (χ0v) is 22.0. The van der Waals surface area contributed by atoms with E-state index in [-0.39, 0.29) is 17.1 Å². The highest BCUT2D eigenvalue weighted by Gasteiger charge is 2.32. The number of carbonyl (C=O) groups excluding carboxylic acids is 2. The molecule has 2 amide bonds. The van der Waals surface area contributed by atoms with Crippen LogP contribution >= 0.6 is 0 Å². The maximum absolute atomic E-state index is 13.7. The van der Waals surface area contributed by atoms with Crippen molar-refractivity contribution in [2.24, 2.45) is 0 Å². The summed E-state index contributed by atoms with van der Waals surface area (Å²) in [5.41, 5.74) is 1.72. The van der Waals surface area contributed by atoms with Gasteiger partial charge in [0.25, 0.3) is 10.0 Å². The minimum Gasteiger partial charge on any atom is -0.497 e. The van der Waals surface area contributed by atoms with Crippen molar-refractivity contribution in [2.45, 2.75) is 31.3 Å². The highest BCUT2D eigenvalue weighted by Crippen LogP contribution is 2.26. The van der Waals surface area contributed by atoms with Crippen LogP contribution in [0.4, 0.5) is 10.1 Å². The van der Waals surface area contributed by atoms with Gasteiger partial charge in [-0.05, 0) is 67.9 Å². The lowest BCUT2D eigenvalue weighted by Crippen LogP contribution is -2.50. The van der Waals surface area contributed by atoms with E-state index >= 15 is 0 Å². The normalized spacial score (nSPS) is 11.9. The third kappa shape index (κ3) is 6.65. The molecule has 0 fully saturated rings. The van der Waals surface area contributed by atoms with E-state index in [4.69, 9.17) is 4.74 Å². The van der Waals surface area contributed by atoms with Gasteiger partial charge in [-0.1, -0.05) is 29.8 Å². The first-order valence-corrected chi connectivity index (χ1v) is 13.0. The second-order valence-corrected chi connectivity index (χ2v) is 10.3. The molecule has 196 valence electrons. The fraction of sp³-hybridized carbons (Fsp3) is 0.259. The number of likely N-dealkylation sites (N-methyl/N-ethyl adjacent to an activating group) is 1. The van der Waals surface area contributed by atoms with Crippen molar-refractivity contribution < 1.29 is 27.1 Å². The Labute approximate surface area is 216 Å². The summed E-state index contributed by atoms with van der Waals surface area (Å²) < 4.78 is 47.0. The van der Waals surface area contributed by atoms with E-state index in [0.717, 1.165) is 9.87 Å². The van der Waals surface area contributed by atoms with Crippen LogP contribution in [0.15, 0.2) is 77.7 Å². The molecule has 8 nitrogen and oxygen atoms in total. The Morgan fingerprint density at radius 3 is 2.11 bits per heavy atom. The Balaban J connectivity index is 2.02. The van der Waals surface area contributed by atoms with Gasteiger partial charge in [0.05, 0.1) is 17.7 Å². The van der Waals surface area contributed by atoms with Crippen LogP contribution in [0.3, 0.4) is 0 Å². The molecule has 0 saturated carbocycles. The molecular weight excluding hydrogens is 497 g/mol. The van der Waals surface area contributed by atoms with Gasteiger partial charge in [0.15, 0.2) is 0 Å². The van der Waals surface area contributed by atoms with Crippen LogP contribution in [0, 0.1) is 12.7 Å². The summed E-state index contributed by atoms with van der Waals surface area (Å²) in [6.45, 7) is 2.81. The summed E-state index contributed by atoms with van der Waals surface area (Å²) in [5.74, 6) is -0.940. The largest absolute Gasteiger partial charge is 0.497 e. The van der Waals surface area contributed by atoms with Gasteiger partial charge >= 0.3 is 0 Å². The lowest BCUT2D eigenvalue weighted by atomic mass is 10.1. The molecule has 0 radical (unpaired) electrons. The van der Waals surface area contributed by atoms with Crippen LogP contribution in [0.5, 0.6) is 5.75 Å². The number of ether oxygens (including phenoxy) is 1. The number of amides is 2. The number of hydrogen-bond acceptors (Lipinski definition) is 5. The Bertz CT molecular complexity index is 1330. The lowest BCUT2D eigenvalue weighted by Gasteiger charge is -2.31. The molecule has 0 aliphatic heterocycles. The number of anilines is 1. The van der Waals surface area contributed by atoms with Crippen LogP contribution in [0.25, 0.3) is 0 Å². The van der Waals surface area contributed by atoms with E-state index in [2.05, 4.69) is 5.32 Å². The maximum atomic E-state index is 13.7. The third-order valence-corrected chi connectivity index (χ3v) is 7.72. The summed E-state index contributed by atoms with van der Waals surface area (Å²) in [4.78, 5) is 27.4. The molecule has 0 aromatic heterocycles. The van der Waals surface area contributed by atoms with Gasteiger partial charge < -0.3 is 15.0 Å². The molecule has 1 N–H and O–H groups in total. The predicted octanol–water partition coefficient (Wildman–Crippen LogP) is 3.50. The highest BCUT2D eigenvalue weighted by atomic mass is 32.2. The molecule has 0 saturated heterocycles. The monoisotopic (exact) mass is 527 g/mol. The molecule has 0 aliphatic rings. The second kappa shape index (κ2) is 11.9. The number of aryl methyl sites for hydroxylation is 1. The molecule has 3 aromatic carbocycles. The minimum absolute atomic E-state index is 0.0191. The van der Waals surface area contributed by atoms with Crippen molar-refractivity contribution in [2.75, 3.05) is 25.0 Å². The smallest absolute Gasteiger partial charge is 0.264 e. The summed E-state index contributed by atoms with van der Waals surface area (Å²) in [5, 5.41) is 2.52. The molecule has 0 heterocycles. The van der Waals surface area contributed by atoms with Crippen molar-refractivity contribution >= 4 is 27.5 Å². The molecule has 37 heavy (non-hydrogen) atoms. The quantitative estimate of drug-likeness (QED) is 0.436. The molecule has 0 aliphatic carbocycles. The molecule has 1 atom stereocenters. The first-order chi connectivity index (χ1) is 17.6. The molecule has 3 aromatic rings. The van der Waals surface area contributed by atoms with Crippen LogP contribution in [0.2, 0.25) is 0 Å². The number of nitrogens with one attached hydrogen (secondary N) is 1. The number of benzene rings is 3. The lowest BCUT2D eigenvalue weighted by molar-refractivity contribution is -0.139. The fourth-order valence-electron chi connectivity index (χ4n) is 3.69. The SMILES string of the molecule is CNC(=O)C(C)N(Cc1ccc(F)cc1)C(=O)CN(c1ccc(OC)cc1)S(=O)(=O)c1ccc(C)cc1. The number of carbonyl (C=O) groups is 2. The third-order valence-electron chi connectivity index (χ3n) is 5.93. The summed E-state index contributed by atoms with van der Waals surface area (Å²) >= 11 is 0. The van der Waals surface area contributed by atoms with Gasteiger partial charge in [-0.2, -0.15) is 0 Å². The van der Waals surface area contributed by atoms with Crippen molar-refractivity contribution in [1.29, 1.82) is 0 Å². The Morgan fingerprint density at radius 2 is 1.57 bits per heavy atom. The van der Waals surface area contributed by atoms with E-state index in [1.54, 1.807) is 43.3 Å². The molecule has 10 heteroatoms. The van der Waals surface area contributed by atoms with E-state index in [1.165, 1.54) is 55.5 Å². The second-order valence-electron chi connectivity index (χ2n) is 8.46. The summed E-state index contributed by atoms with van der Waals surface area (Å²) in [6.07, 6.45) is 0. The first-order valence-electron chi connectivity index (χ1n) is 11.6. The van der Waals surface area contributed by atoms with Gasteiger partial charge in [0.2, 0.25) is 11.8 Å². The van der Waals surface area contributed by atoms with Gasteiger partial charge in [-0.15, -0.1) is 0 Å². The number of rotatable bonds is 10. The Kier molecular flexibility index (Phi) is 8.88. The van der Waals surface area contributed by atoms with Crippen molar-refractivity contribution in [3.63, 3.8) is 0 Å².